The summed E-state index contributed by atoms with van der Waals surface area (Å²) in [6, 6.07) is 10.1. The van der Waals surface area contributed by atoms with Crippen LogP contribution >= 0.6 is 0 Å². The summed E-state index contributed by atoms with van der Waals surface area (Å²) in [5, 5.41) is 18.6. The molecule has 2 rings (SSSR count). The van der Waals surface area contributed by atoms with Gasteiger partial charge in [0.1, 0.15) is 0 Å². The van der Waals surface area contributed by atoms with Crippen molar-refractivity contribution >= 4 is 9.84 Å². The molecule has 5 heteroatoms. The van der Waals surface area contributed by atoms with Crippen LogP contribution in [0.1, 0.15) is 5.56 Å². The van der Waals surface area contributed by atoms with Gasteiger partial charge in [0.2, 0.25) is 9.84 Å². The molecule has 2 aromatic carbocycles. The molecule has 2 aromatic rings. The van der Waals surface area contributed by atoms with E-state index in [-0.39, 0.29) is 15.5 Å². The molecule has 0 saturated carbocycles. The Bertz CT molecular complexity index is 690. The second kappa shape index (κ2) is 4.34. The lowest BCUT2D eigenvalue weighted by Crippen LogP contribution is -2.03. The number of phenolic OH excluding ortho intramolecular Hbond substituents is 2. The molecule has 2 N–H and O–H groups in total. The van der Waals surface area contributed by atoms with Gasteiger partial charge in [0.25, 0.3) is 0 Å². The van der Waals surface area contributed by atoms with E-state index in [1.54, 1.807) is 25.1 Å². The molecule has 0 amide bonds. The maximum Gasteiger partial charge on any atom is 0.206 e. The summed E-state index contributed by atoms with van der Waals surface area (Å²) >= 11 is 0. The van der Waals surface area contributed by atoms with E-state index in [4.69, 9.17) is 0 Å². The normalized spacial score (nSPS) is 11.4. The van der Waals surface area contributed by atoms with E-state index in [2.05, 4.69) is 0 Å². The van der Waals surface area contributed by atoms with Crippen molar-refractivity contribution in [2.45, 2.75) is 16.7 Å². The number of rotatable bonds is 2. The molecule has 18 heavy (non-hydrogen) atoms. The third-order valence-corrected chi connectivity index (χ3v) is 4.55. The molecular formula is C13H12O4S. The second-order valence-electron chi connectivity index (χ2n) is 3.92. The van der Waals surface area contributed by atoms with E-state index in [0.29, 0.717) is 5.56 Å². The van der Waals surface area contributed by atoms with E-state index >= 15 is 0 Å². The molecule has 0 atom stereocenters. The highest BCUT2D eigenvalue weighted by Gasteiger charge is 2.20. The second-order valence-corrected chi connectivity index (χ2v) is 5.84. The van der Waals surface area contributed by atoms with Crippen LogP contribution < -0.4 is 0 Å². The number of sulfone groups is 1. The largest absolute Gasteiger partial charge is 0.504 e. The van der Waals surface area contributed by atoms with Gasteiger partial charge in [-0.05, 0) is 30.7 Å². The average Bonchev–Trinajstić information content (AvgIpc) is 2.33. The van der Waals surface area contributed by atoms with Crippen LogP contribution in [-0.2, 0) is 9.84 Å². The summed E-state index contributed by atoms with van der Waals surface area (Å²) < 4.78 is 24.7. The Morgan fingerprint density at radius 2 is 1.61 bits per heavy atom. The molecule has 0 aliphatic carbocycles. The first-order valence-electron chi connectivity index (χ1n) is 5.25. The lowest BCUT2D eigenvalue weighted by atomic mass is 10.2. The molecule has 0 bridgehead atoms. The quantitative estimate of drug-likeness (QED) is 0.816. The van der Waals surface area contributed by atoms with Gasteiger partial charge >= 0.3 is 0 Å². The fraction of sp³-hybridized carbons (Fsp3) is 0.0769. The van der Waals surface area contributed by atoms with Crippen LogP contribution in [0.2, 0.25) is 0 Å². The standard InChI is InChI=1S/C13H12O4S/c1-9-4-2-3-5-13(9)18(16,17)10-6-7-11(14)12(15)8-10/h2-8,14-15H,1H3. The van der Waals surface area contributed by atoms with Crippen LogP contribution in [0.15, 0.2) is 52.3 Å². The fourth-order valence-corrected chi connectivity index (χ4v) is 3.17. The van der Waals surface area contributed by atoms with Crippen LogP contribution in [-0.4, -0.2) is 18.6 Å². The van der Waals surface area contributed by atoms with Crippen LogP contribution in [0.4, 0.5) is 0 Å². The Hall–Kier alpha value is -2.01. The van der Waals surface area contributed by atoms with Crippen molar-refractivity contribution in [2.24, 2.45) is 0 Å². The van der Waals surface area contributed by atoms with Gasteiger partial charge in [-0.2, -0.15) is 0 Å². The van der Waals surface area contributed by atoms with E-state index in [1.807, 2.05) is 0 Å². The van der Waals surface area contributed by atoms with Gasteiger partial charge in [-0.1, -0.05) is 18.2 Å². The van der Waals surface area contributed by atoms with Crippen molar-refractivity contribution in [3.05, 3.63) is 48.0 Å². The molecule has 0 spiro atoms. The monoisotopic (exact) mass is 264 g/mol. The average molecular weight is 264 g/mol. The number of aryl methyl sites for hydroxylation is 1. The molecule has 0 heterocycles. The Balaban J connectivity index is 2.62. The predicted octanol–water partition coefficient (Wildman–Crippen LogP) is 2.24. The maximum atomic E-state index is 12.3. The van der Waals surface area contributed by atoms with E-state index in [9.17, 15) is 18.6 Å². The van der Waals surface area contributed by atoms with Gasteiger partial charge in [0.15, 0.2) is 11.5 Å². The minimum Gasteiger partial charge on any atom is -0.504 e. The Kier molecular flexibility index (Phi) is 3.00. The molecular weight excluding hydrogens is 252 g/mol. The number of aromatic hydroxyl groups is 2. The van der Waals surface area contributed by atoms with Crippen LogP contribution in [0, 0.1) is 6.92 Å². The van der Waals surface area contributed by atoms with Crippen LogP contribution in [0.3, 0.4) is 0 Å². The minimum atomic E-state index is -3.68. The summed E-state index contributed by atoms with van der Waals surface area (Å²) in [7, 11) is -3.68. The molecule has 0 aromatic heterocycles. The van der Waals surface area contributed by atoms with E-state index in [0.717, 1.165) is 12.1 Å². The summed E-state index contributed by atoms with van der Waals surface area (Å²) in [5.41, 5.74) is 0.630. The van der Waals surface area contributed by atoms with Gasteiger partial charge in [-0.25, -0.2) is 8.42 Å². The molecule has 0 saturated heterocycles. The molecule has 0 aliphatic heterocycles. The first-order valence-corrected chi connectivity index (χ1v) is 6.74. The third-order valence-electron chi connectivity index (χ3n) is 2.64. The zero-order valence-corrected chi connectivity index (χ0v) is 10.5. The smallest absolute Gasteiger partial charge is 0.206 e. The van der Waals surface area contributed by atoms with E-state index < -0.39 is 15.6 Å². The SMILES string of the molecule is Cc1ccccc1S(=O)(=O)c1ccc(O)c(O)c1. The first-order chi connectivity index (χ1) is 8.43. The molecule has 0 aliphatic rings. The van der Waals surface area contributed by atoms with E-state index in [1.165, 1.54) is 12.1 Å². The Morgan fingerprint density at radius 3 is 2.22 bits per heavy atom. The number of hydrogen-bond donors (Lipinski definition) is 2. The molecule has 0 unspecified atom stereocenters. The fourth-order valence-electron chi connectivity index (χ4n) is 1.66. The highest BCUT2D eigenvalue weighted by Crippen LogP contribution is 2.30. The summed E-state index contributed by atoms with van der Waals surface area (Å²) in [6.45, 7) is 1.70. The zero-order chi connectivity index (χ0) is 13.3. The van der Waals surface area contributed by atoms with Gasteiger partial charge in [-0.15, -0.1) is 0 Å². The first kappa shape index (κ1) is 12.4. The van der Waals surface area contributed by atoms with Gasteiger partial charge in [-0.3, -0.25) is 0 Å². The number of benzene rings is 2. The summed E-state index contributed by atoms with van der Waals surface area (Å²) in [5.74, 6) is -0.802. The van der Waals surface area contributed by atoms with Crippen molar-refractivity contribution in [2.75, 3.05) is 0 Å². The van der Waals surface area contributed by atoms with Crippen molar-refractivity contribution < 1.29 is 18.6 Å². The summed E-state index contributed by atoms with van der Waals surface area (Å²) in [4.78, 5) is 0.141. The highest BCUT2D eigenvalue weighted by atomic mass is 32.2. The van der Waals surface area contributed by atoms with Crippen molar-refractivity contribution in [3.8, 4) is 11.5 Å². The Labute approximate surface area is 105 Å². The summed E-state index contributed by atoms with van der Waals surface area (Å²) in [6.07, 6.45) is 0. The van der Waals surface area contributed by atoms with Crippen molar-refractivity contribution in [1.82, 2.24) is 0 Å². The van der Waals surface area contributed by atoms with Gasteiger partial charge in [0.05, 0.1) is 9.79 Å². The van der Waals surface area contributed by atoms with Crippen LogP contribution in [0.5, 0.6) is 11.5 Å². The topological polar surface area (TPSA) is 74.6 Å². The number of hydrogen-bond acceptors (Lipinski definition) is 4. The molecule has 94 valence electrons. The maximum absolute atomic E-state index is 12.3. The third kappa shape index (κ3) is 2.04. The predicted molar refractivity (Wildman–Crippen MR) is 66.4 cm³/mol. The Morgan fingerprint density at radius 1 is 0.944 bits per heavy atom. The molecule has 0 radical (unpaired) electrons. The lowest BCUT2D eigenvalue weighted by Gasteiger charge is -2.08. The van der Waals surface area contributed by atoms with Crippen LogP contribution in [0.25, 0.3) is 0 Å². The lowest BCUT2D eigenvalue weighted by molar-refractivity contribution is 0.402. The van der Waals surface area contributed by atoms with Crippen molar-refractivity contribution in [3.63, 3.8) is 0 Å². The minimum absolute atomic E-state index is 0.0490. The van der Waals surface area contributed by atoms with Crippen molar-refractivity contribution in [1.29, 1.82) is 0 Å². The number of phenols is 2. The highest BCUT2D eigenvalue weighted by molar-refractivity contribution is 7.91. The van der Waals surface area contributed by atoms with Gasteiger partial charge < -0.3 is 10.2 Å². The molecule has 4 nitrogen and oxygen atoms in total. The zero-order valence-electron chi connectivity index (χ0n) is 9.66. The van der Waals surface area contributed by atoms with Gasteiger partial charge in [0, 0.05) is 6.07 Å². The molecule has 0 fully saturated rings.